The van der Waals surface area contributed by atoms with E-state index in [1.54, 1.807) is 23.5 Å². The van der Waals surface area contributed by atoms with Gasteiger partial charge < -0.3 is 10.2 Å². The van der Waals surface area contributed by atoms with Crippen LogP contribution in [0, 0.1) is 12.7 Å². The smallest absolute Gasteiger partial charge is 0.223 e. The summed E-state index contributed by atoms with van der Waals surface area (Å²) in [4.78, 5) is 25.1. The van der Waals surface area contributed by atoms with Crippen molar-refractivity contribution >= 4 is 28.2 Å². The molecule has 1 amide bonds. The van der Waals surface area contributed by atoms with Crippen LogP contribution in [-0.4, -0.2) is 27.3 Å². The lowest BCUT2D eigenvalue weighted by Crippen LogP contribution is -2.30. The number of aryl methyl sites for hydroxylation is 2. The van der Waals surface area contributed by atoms with Crippen molar-refractivity contribution in [2.75, 3.05) is 11.9 Å². The van der Waals surface area contributed by atoms with Gasteiger partial charge in [-0.15, -0.1) is 11.3 Å². The number of nitrogens with one attached hydrogen (secondary N) is 1. The van der Waals surface area contributed by atoms with Crippen LogP contribution in [0.25, 0.3) is 0 Å². The summed E-state index contributed by atoms with van der Waals surface area (Å²) in [6, 6.07) is 12.4. The number of pyridine rings is 1. The lowest BCUT2D eigenvalue weighted by atomic mass is 10.1. The Labute approximate surface area is 180 Å². The van der Waals surface area contributed by atoms with E-state index < -0.39 is 0 Å². The van der Waals surface area contributed by atoms with E-state index in [2.05, 4.69) is 10.3 Å². The molecule has 156 valence electrons. The Morgan fingerprint density at radius 3 is 2.87 bits per heavy atom. The molecule has 1 aromatic carbocycles. The van der Waals surface area contributed by atoms with Crippen molar-refractivity contribution in [1.82, 2.24) is 14.9 Å². The largest absolute Gasteiger partial charge is 0.334 e. The van der Waals surface area contributed by atoms with Gasteiger partial charge in [-0.2, -0.15) is 0 Å². The summed E-state index contributed by atoms with van der Waals surface area (Å²) in [5, 5.41) is 4.07. The Bertz CT molecular complexity index is 1000. The molecule has 7 heteroatoms. The van der Waals surface area contributed by atoms with Gasteiger partial charge in [0, 0.05) is 24.0 Å². The second-order valence-corrected chi connectivity index (χ2v) is 8.81. The molecule has 0 bridgehead atoms. The first-order chi connectivity index (χ1) is 14.6. The molecule has 3 heterocycles. The normalized spacial score (nSPS) is 16.1. The summed E-state index contributed by atoms with van der Waals surface area (Å²) in [7, 11) is 0. The van der Waals surface area contributed by atoms with Crippen LogP contribution >= 0.6 is 11.3 Å². The first kappa shape index (κ1) is 20.5. The van der Waals surface area contributed by atoms with E-state index in [4.69, 9.17) is 4.98 Å². The molecule has 0 saturated carbocycles. The fourth-order valence-electron chi connectivity index (χ4n) is 3.84. The number of nitrogens with zero attached hydrogens (tertiary/aromatic N) is 3. The molecule has 0 spiro atoms. The van der Waals surface area contributed by atoms with Crippen molar-refractivity contribution in [1.29, 1.82) is 0 Å². The summed E-state index contributed by atoms with van der Waals surface area (Å²) in [6.07, 6.45) is 5.77. The second kappa shape index (κ2) is 9.34. The quantitative estimate of drug-likeness (QED) is 0.551. The monoisotopic (exact) mass is 424 g/mol. The molecule has 1 saturated heterocycles. The van der Waals surface area contributed by atoms with Gasteiger partial charge >= 0.3 is 0 Å². The number of hydrogen-bond donors (Lipinski definition) is 1. The number of benzene rings is 1. The van der Waals surface area contributed by atoms with Crippen LogP contribution in [0.2, 0.25) is 0 Å². The minimum atomic E-state index is -0.232. The highest BCUT2D eigenvalue weighted by Gasteiger charge is 2.30. The summed E-state index contributed by atoms with van der Waals surface area (Å²) in [6.45, 7) is 2.79. The Kier molecular flexibility index (Phi) is 6.38. The average molecular weight is 425 g/mol. The predicted octanol–water partition coefficient (Wildman–Crippen LogP) is 5.42. The SMILES string of the molecule is Cc1cnc(Nc2cccc(C3CCCN3C(=O)CCCc3ccc(F)cc3)n2)s1. The number of hydrogen-bond acceptors (Lipinski definition) is 5. The summed E-state index contributed by atoms with van der Waals surface area (Å²) in [5.74, 6) is 0.678. The molecule has 0 radical (unpaired) electrons. The number of rotatable bonds is 7. The molecular formula is C23H25FN4OS. The molecule has 1 fully saturated rings. The van der Waals surface area contributed by atoms with Gasteiger partial charge in [0.1, 0.15) is 11.6 Å². The highest BCUT2D eigenvalue weighted by Crippen LogP contribution is 2.32. The minimum absolute atomic E-state index is 0.0168. The third-order valence-electron chi connectivity index (χ3n) is 5.31. The third-order valence-corrected chi connectivity index (χ3v) is 6.14. The van der Waals surface area contributed by atoms with Crippen molar-refractivity contribution in [3.63, 3.8) is 0 Å². The fourth-order valence-corrected chi connectivity index (χ4v) is 4.51. The summed E-state index contributed by atoms with van der Waals surface area (Å²) < 4.78 is 13.0. The highest BCUT2D eigenvalue weighted by atomic mass is 32.1. The van der Waals surface area contributed by atoms with Crippen LogP contribution in [0.3, 0.4) is 0 Å². The average Bonchev–Trinajstić information content (AvgIpc) is 3.39. The van der Waals surface area contributed by atoms with Gasteiger partial charge in [-0.1, -0.05) is 18.2 Å². The van der Waals surface area contributed by atoms with Crippen molar-refractivity contribution in [2.45, 2.75) is 45.1 Å². The lowest BCUT2D eigenvalue weighted by molar-refractivity contribution is -0.132. The van der Waals surface area contributed by atoms with Crippen molar-refractivity contribution < 1.29 is 9.18 Å². The predicted molar refractivity (Wildman–Crippen MR) is 117 cm³/mol. The first-order valence-electron chi connectivity index (χ1n) is 10.3. The van der Waals surface area contributed by atoms with Gasteiger partial charge in [0.2, 0.25) is 5.91 Å². The molecule has 4 rings (SSSR count). The number of carbonyl (C=O) groups is 1. The molecule has 1 aliphatic heterocycles. The van der Waals surface area contributed by atoms with E-state index in [9.17, 15) is 9.18 Å². The second-order valence-electron chi connectivity index (χ2n) is 7.57. The topological polar surface area (TPSA) is 58.1 Å². The molecule has 3 aromatic rings. The molecule has 1 unspecified atom stereocenters. The maximum Gasteiger partial charge on any atom is 0.223 e. The molecule has 5 nitrogen and oxygen atoms in total. The molecule has 0 aliphatic carbocycles. The Hall–Kier alpha value is -2.80. The number of amides is 1. The van der Waals surface area contributed by atoms with Crippen LogP contribution in [0.15, 0.2) is 48.7 Å². The van der Waals surface area contributed by atoms with Gasteiger partial charge in [-0.05, 0) is 62.4 Å². The molecular weight excluding hydrogens is 399 g/mol. The Morgan fingerprint density at radius 1 is 1.27 bits per heavy atom. The van der Waals surface area contributed by atoms with Gasteiger partial charge in [0.05, 0.1) is 11.7 Å². The van der Waals surface area contributed by atoms with E-state index in [-0.39, 0.29) is 17.8 Å². The van der Waals surface area contributed by atoms with E-state index in [1.165, 1.54) is 12.1 Å². The van der Waals surface area contributed by atoms with Crippen molar-refractivity contribution in [3.8, 4) is 0 Å². The van der Waals surface area contributed by atoms with Gasteiger partial charge in [-0.3, -0.25) is 4.79 Å². The molecule has 1 aliphatic rings. The molecule has 30 heavy (non-hydrogen) atoms. The van der Waals surface area contributed by atoms with Crippen LogP contribution in [-0.2, 0) is 11.2 Å². The molecule has 2 aromatic heterocycles. The van der Waals surface area contributed by atoms with E-state index in [0.29, 0.717) is 6.42 Å². The minimum Gasteiger partial charge on any atom is -0.334 e. The Balaban J connectivity index is 1.37. The number of carbonyl (C=O) groups excluding carboxylic acids is 1. The van der Waals surface area contributed by atoms with Gasteiger partial charge in [0.25, 0.3) is 0 Å². The zero-order valence-corrected chi connectivity index (χ0v) is 17.8. The van der Waals surface area contributed by atoms with E-state index >= 15 is 0 Å². The number of halogens is 1. The number of aromatic nitrogens is 2. The third kappa shape index (κ3) is 5.02. The maximum atomic E-state index is 13.0. The molecule has 1 atom stereocenters. The summed E-state index contributed by atoms with van der Waals surface area (Å²) >= 11 is 1.59. The fraction of sp³-hybridized carbons (Fsp3) is 0.348. The van der Waals surface area contributed by atoms with Crippen LogP contribution in [0.1, 0.15) is 47.9 Å². The van der Waals surface area contributed by atoms with E-state index in [1.807, 2.05) is 36.2 Å². The number of thiazole rings is 1. The number of anilines is 2. The van der Waals surface area contributed by atoms with Crippen LogP contribution in [0.4, 0.5) is 15.3 Å². The zero-order chi connectivity index (χ0) is 20.9. The Morgan fingerprint density at radius 2 is 2.10 bits per heavy atom. The zero-order valence-electron chi connectivity index (χ0n) is 17.0. The first-order valence-corrected chi connectivity index (χ1v) is 11.1. The van der Waals surface area contributed by atoms with Crippen LogP contribution < -0.4 is 5.32 Å². The van der Waals surface area contributed by atoms with Gasteiger partial charge in [-0.25, -0.2) is 14.4 Å². The standard InChI is InChI=1S/C23H25FN4OS/c1-16-15-25-23(30-16)27-21-8-3-6-19(26-21)20-7-4-14-28(20)22(29)9-2-5-17-10-12-18(24)13-11-17/h3,6,8,10-13,15,20H,2,4-5,7,9,14H2,1H3,(H,25,26,27). The highest BCUT2D eigenvalue weighted by molar-refractivity contribution is 7.15. The number of likely N-dealkylation sites (tertiary alicyclic amines) is 1. The van der Waals surface area contributed by atoms with Crippen molar-refractivity contribution in [2.24, 2.45) is 0 Å². The van der Waals surface area contributed by atoms with Crippen LogP contribution in [0.5, 0.6) is 0 Å². The summed E-state index contributed by atoms with van der Waals surface area (Å²) in [5.41, 5.74) is 1.97. The lowest BCUT2D eigenvalue weighted by Gasteiger charge is -2.24. The van der Waals surface area contributed by atoms with E-state index in [0.717, 1.165) is 59.3 Å². The van der Waals surface area contributed by atoms with Gasteiger partial charge in [0.15, 0.2) is 5.13 Å². The van der Waals surface area contributed by atoms with Crippen molar-refractivity contribution in [3.05, 3.63) is 70.6 Å². The maximum absolute atomic E-state index is 13.0. The molecule has 1 N–H and O–H groups in total.